The monoisotopic (exact) mass is 249 g/mol. The number of nitrogens with one attached hydrogen (secondary N) is 1. The van der Waals surface area contributed by atoms with E-state index in [-0.39, 0.29) is 5.38 Å². The van der Waals surface area contributed by atoms with Crippen LogP contribution in [-0.4, -0.2) is 35.0 Å². The molecule has 1 aromatic rings. The van der Waals surface area contributed by atoms with Crippen LogP contribution in [0.1, 0.15) is 25.6 Å². The van der Waals surface area contributed by atoms with Crippen LogP contribution in [0.15, 0.2) is 0 Å². The zero-order valence-corrected chi connectivity index (χ0v) is 10.7. The first-order chi connectivity index (χ1) is 7.13. The molecule has 0 radical (unpaired) electrons. The molecule has 1 heterocycles. The summed E-state index contributed by atoms with van der Waals surface area (Å²) in [4.78, 5) is 4.34. The van der Waals surface area contributed by atoms with Gasteiger partial charge in [-0.1, -0.05) is 13.8 Å². The molecule has 0 spiro atoms. The molecule has 0 saturated heterocycles. The molecule has 86 valence electrons. The van der Waals surface area contributed by atoms with E-state index in [4.69, 9.17) is 16.3 Å². The number of hydrogen-bond acceptors (Lipinski definition) is 5. The molecular formula is C9H16ClN3OS. The van der Waals surface area contributed by atoms with Gasteiger partial charge in [0.1, 0.15) is 5.82 Å². The molecule has 0 amide bonds. The van der Waals surface area contributed by atoms with Gasteiger partial charge in [-0.3, -0.25) is 0 Å². The highest BCUT2D eigenvalue weighted by atomic mass is 35.5. The van der Waals surface area contributed by atoms with Crippen LogP contribution in [-0.2, 0) is 4.74 Å². The summed E-state index contributed by atoms with van der Waals surface area (Å²) in [5.74, 6) is 1.24. The van der Waals surface area contributed by atoms with Crippen LogP contribution in [0.5, 0.6) is 0 Å². The van der Waals surface area contributed by atoms with E-state index in [1.54, 1.807) is 7.11 Å². The average Bonchev–Trinajstić information content (AvgIpc) is 2.63. The van der Waals surface area contributed by atoms with E-state index in [0.29, 0.717) is 19.1 Å². The Morgan fingerprint density at radius 1 is 1.53 bits per heavy atom. The van der Waals surface area contributed by atoms with E-state index in [1.807, 2.05) is 0 Å². The maximum absolute atomic E-state index is 5.97. The van der Waals surface area contributed by atoms with Crippen LogP contribution in [0.2, 0.25) is 0 Å². The van der Waals surface area contributed by atoms with E-state index in [2.05, 4.69) is 28.5 Å². The largest absolute Gasteiger partial charge is 0.383 e. The van der Waals surface area contributed by atoms with Gasteiger partial charge in [0.15, 0.2) is 0 Å². The lowest BCUT2D eigenvalue weighted by molar-refractivity contribution is 0.200. The highest BCUT2D eigenvalue weighted by molar-refractivity contribution is 7.09. The van der Waals surface area contributed by atoms with E-state index in [9.17, 15) is 0 Å². The Balaban J connectivity index is 2.37. The Hall–Kier alpha value is -0.390. The molecule has 4 nitrogen and oxygen atoms in total. The van der Waals surface area contributed by atoms with E-state index in [0.717, 1.165) is 11.0 Å². The quantitative estimate of drug-likeness (QED) is 0.786. The molecule has 1 N–H and O–H groups in total. The summed E-state index contributed by atoms with van der Waals surface area (Å²) in [5, 5.41) is 3.92. The summed E-state index contributed by atoms with van der Waals surface area (Å²) < 4.78 is 9.16. The summed E-state index contributed by atoms with van der Waals surface area (Å²) in [7, 11) is 1.64. The first-order valence-corrected chi connectivity index (χ1v) is 6.05. The van der Waals surface area contributed by atoms with E-state index < -0.39 is 0 Å². The van der Waals surface area contributed by atoms with Crippen molar-refractivity contribution < 1.29 is 4.74 Å². The van der Waals surface area contributed by atoms with Crippen molar-refractivity contribution in [3.05, 3.63) is 5.82 Å². The normalized spacial score (nSPS) is 13.1. The summed E-state index contributed by atoms with van der Waals surface area (Å²) in [6.07, 6.45) is 0. The molecule has 0 aliphatic heterocycles. The van der Waals surface area contributed by atoms with Gasteiger partial charge in [0, 0.05) is 31.1 Å². The molecule has 0 fully saturated rings. The van der Waals surface area contributed by atoms with E-state index >= 15 is 0 Å². The van der Waals surface area contributed by atoms with Gasteiger partial charge in [0.05, 0.1) is 12.0 Å². The second-order valence-electron chi connectivity index (χ2n) is 3.55. The first kappa shape index (κ1) is 12.7. The van der Waals surface area contributed by atoms with Gasteiger partial charge in [0.2, 0.25) is 5.13 Å². The zero-order valence-electron chi connectivity index (χ0n) is 9.16. The minimum atomic E-state index is -0.0404. The van der Waals surface area contributed by atoms with Crippen LogP contribution < -0.4 is 5.32 Å². The number of anilines is 1. The smallest absolute Gasteiger partial charge is 0.202 e. The number of aromatic nitrogens is 2. The maximum Gasteiger partial charge on any atom is 0.202 e. The van der Waals surface area contributed by atoms with Crippen molar-refractivity contribution in [2.24, 2.45) is 0 Å². The fourth-order valence-electron chi connectivity index (χ4n) is 0.979. The fourth-order valence-corrected chi connectivity index (χ4v) is 1.90. The molecule has 1 rings (SSSR count). The van der Waals surface area contributed by atoms with Crippen LogP contribution in [0.3, 0.4) is 0 Å². The van der Waals surface area contributed by atoms with Gasteiger partial charge in [0.25, 0.3) is 0 Å². The number of alkyl halides is 1. The van der Waals surface area contributed by atoms with E-state index in [1.165, 1.54) is 11.5 Å². The van der Waals surface area contributed by atoms with Gasteiger partial charge in [-0.05, 0) is 0 Å². The number of rotatable bonds is 6. The van der Waals surface area contributed by atoms with Crippen LogP contribution in [0.4, 0.5) is 5.13 Å². The molecule has 1 unspecified atom stereocenters. The highest BCUT2D eigenvalue weighted by Crippen LogP contribution is 2.17. The van der Waals surface area contributed by atoms with Gasteiger partial charge < -0.3 is 10.1 Å². The van der Waals surface area contributed by atoms with Gasteiger partial charge in [-0.25, -0.2) is 4.98 Å². The minimum absolute atomic E-state index is 0.0404. The predicted octanol–water partition coefficient (Wildman–Crippen LogP) is 2.33. The van der Waals surface area contributed by atoms with Crippen molar-refractivity contribution in [1.29, 1.82) is 0 Å². The van der Waals surface area contributed by atoms with Crippen molar-refractivity contribution in [2.75, 3.05) is 25.6 Å². The molecule has 1 atom stereocenters. The van der Waals surface area contributed by atoms with Crippen molar-refractivity contribution in [2.45, 2.75) is 25.1 Å². The first-order valence-electron chi connectivity index (χ1n) is 4.84. The second kappa shape index (κ2) is 6.25. The lowest BCUT2D eigenvalue weighted by Gasteiger charge is -2.07. The number of halogens is 1. The van der Waals surface area contributed by atoms with Crippen molar-refractivity contribution in [1.82, 2.24) is 9.36 Å². The Morgan fingerprint density at radius 3 is 2.80 bits per heavy atom. The molecule has 1 aromatic heterocycles. The minimum Gasteiger partial charge on any atom is -0.383 e. The maximum atomic E-state index is 5.97. The van der Waals surface area contributed by atoms with Gasteiger partial charge in [-0.15, -0.1) is 11.6 Å². The summed E-state index contributed by atoms with van der Waals surface area (Å²) >= 11 is 7.34. The third-order valence-electron chi connectivity index (χ3n) is 1.78. The zero-order chi connectivity index (χ0) is 11.3. The van der Waals surface area contributed by atoms with Crippen molar-refractivity contribution in [3.63, 3.8) is 0 Å². The lowest BCUT2D eigenvalue weighted by Crippen LogP contribution is -2.18. The Bertz CT molecular complexity index is 293. The lowest BCUT2D eigenvalue weighted by atomic mass is 10.2. The number of ether oxygens (including phenoxy) is 1. The molecule has 0 bridgehead atoms. The second-order valence-corrected chi connectivity index (χ2v) is 4.92. The average molecular weight is 250 g/mol. The third kappa shape index (κ3) is 4.32. The molecule has 0 saturated carbocycles. The SMILES string of the molecule is COCC(Cl)CNc1nc(C(C)C)ns1. The third-order valence-corrected chi connectivity index (χ3v) is 2.75. The van der Waals surface area contributed by atoms with Crippen molar-refractivity contribution >= 4 is 28.3 Å². The summed E-state index contributed by atoms with van der Waals surface area (Å²) in [6, 6.07) is 0. The molecule has 15 heavy (non-hydrogen) atoms. The Kier molecular flexibility index (Phi) is 5.28. The molecule has 6 heteroatoms. The van der Waals surface area contributed by atoms with Crippen LogP contribution in [0, 0.1) is 0 Å². The number of methoxy groups -OCH3 is 1. The number of hydrogen-bond donors (Lipinski definition) is 1. The van der Waals surface area contributed by atoms with Crippen molar-refractivity contribution in [3.8, 4) is 0 Å². The molecule has 0 aromatic carbocycles. The van der Waals surface area contributed by atoms with Crippen LogP contribution >= 0.6 is 23.1 Å². The van der Waals surface area contributed by atoms with Gasteiger partial charge >= 0.3 is 0 Å². The molecule has 0 aliphatic carbocycles. The summed E-state index contributed by atoms with van der Waals surface area (Å²) in [6.45, 7) is 5.31. The Labute approximate surface area is 99.2 Å². The molecule has 0 aliphatic rings. The Morgan fingerprint density at radius 2 is 2.27 bits per heavy atom. The predicted molar refractivity (Wildman–Crippen MR) is 64.0 cm³/mol. The topological polar surface area (TPSA) is 47.0 Å². The fraction of sp³-hybridized carbons (Fsp3) is 0.778. The highest BCUT2D eigenvalue weighted by Gasteiger charge is 2.09. The summed E-state index contributed by atoms with van der Waals surface area (Å²) in [5.41, 5.74) is 0. The molecular weight excluding hydrogens is 234 g/mol. The number of nitrogens with zero attached hydrogens (tertiary/aromatic N) is 2. The standard InChI is InChI=1S/C9H16ClN3OS/c1-6(2)8-12-9(15-13-8)11-4-7(10)5-14-3/h6-7H,4-5H2,1-3H3,(H,11,12,13). The van der Waals surface area contributed by atoms with Crippen LogP contribution in [0.25, 0.3) is 0 Å². The van der Waals surface area contributed by atoms with Gasteiger partial charge in [-0.2, -0.15) is 4.37 Å².